The molecule has 0 saturated heterocycles. The maximum Gasteiger partial charge on any atom is 0.203 e. The Hall–Kier alpha value is -1.14. The Balaban J connectivity index is 2.25. The topological polar surface area (TPSA) is 47.0 Å². The molecule has 0 aliphatic rings. The van der Waals surface area contributed by atoms with Crippen molar-refractivity contribution in [3.63, 3.8) is 0 Å². The van der Waals surface area contributed by atoms with E-state index in [2.05, 4.69) is 51.4 Å². The number of nitrogens with one attached hydrogen (secondary N) is 1. The third-order valence-electron chi connectivity index (χ3n) is 2.32. The van der Waals surface area contributed by atoms with E-state index in [4.69, 9.17) is 4.74 Å². The highest BCUT2D eigenvalue weighted by Gasteiger charge is 2.14. The second kappa shape index (κ2) is 5.46. The Morgan fingerprint density at radius 3 is 2.63 bits per heavy atom. The smallest absolute Gasteiger partial charge is 0.203 e. The fraction of sp³-hybridized carbons (Fsp3) is 0.385. The van der Waals surface area contributed by atoms with Crippen LogP contribution in [0.2, 0.25) is 0 Å². The SMILES string of the molecule is COc1ccc(-c2nsc(NC(C)(C)C)n2)cc1Br. The van der Waals surface area contributed by atoms with E-state index in [0.29, 0.717) is 0 Å². The van der Waals surface area contributed by atoms with E-state index >= 15 is 0 Å². The van der Waals surface area contributed by atoms with Crippen molar-refractivity contribution in [1.82, 2.24) is 9.36 Å². The van der Waals surface area contributed by atoms with Crippen LogP contribution in [0.4, 0.5) is 5.13 Å². The van der Waals surface area contributed by atoms with Gasteiger partial charge >= 0.3 is 0 Å². The van der Waals surface area contributed by atoms with Gasteiger partial charge in [0.05, 0.1) is 11.6 Å². The molecule has 0 radical (unpaired) electrons. The van der Waals surface area contributed by atoms with Crippen LogP contribution in [0.3, 0.4) is 0 Å². The van der Waals surface area contributed by atoms with Gasteiger partial charge in [-0.05, 0) is 54.9 Å². The van der Waals surface area contributed by atoms with Gasteiger partial charge in [-0.3, -0.25) is 0 Å². The first-order chi connectivity index (χ1) is 8.89. The van der Waals surface area contributed by atoms with Crippen molar-refractivity contribution in [1.29, 1.82) is 0 Å². The lowest BCUT2D eigenvalue weighted by Crippen LogP contribution is -2.25. The molecule has 6 heteroatoms. The first-order valence-corrected chi connectivity index (χ1v) is 7.41. The van der Waals surface area contributed by atoms with Gasteiger partial charge in [-0.15, -0.1) is 0 Å². The van der Waals surface area contributed by atoms with Gasteiger partial charge in [0.25, 0.3) is 0 Å². The summed E-state index contributed by atoms with van der Waals surface area (Å²) in [4.78, 5) is 4.50. The van der Waals surface area contributed by atoms with Gasteiger partial charge in [0.1, 0.15) is 5.75 Å². The van der Waals surface area contributed by atoms with Crippen LogP contribution in [0, 0.1) is 0 Å². The molecule has 1 aromatic heterocycles. The van der Waals surface area contributed by atoms with Gasteiger partial charge in [0, 0.05) is 22.6 Å². The maximum atomic E-state index is 5.21. The van der Waals surface area contributed by atoms with E-state index in [9.17, 15) is 0 Å². The maximum absolute atomic E-state index is 5.21. The Labute approximate surface area is 125 Å². The molecule has 0 bridgehead atoms. The molecule has 19 heavy (non-hydrogen) atoms. The van der Waals surface area contributed by atoms with Crippen LogP contribution in [0.1, 0.15) is 20.8 Å². The standard InChI is InChI=1S/C13H16BrN3OS/c1-13(2,3)16-12-15-11(17-19-12)8-5-6-10(18-4)9(14)7-8/h5-7H,1-4H3,(H,15,16,17). The number of halogens is 1. The Morgan fingerprint density at radius 1 is 1.32 bits per heavy atom. The molecule has 0 aliphatic carbocycles. The summed E-state index contributed by atoms with van der Waals surface area (Å²) in [5, 5.41) is 4.15. The second-order valence-electron chi connectivity index (χ2n) is 5.15. The number of nitrogens with zero attached hydrogens (tertiary/aromatic N) is 2. The summed E-state index contributed by atoms with van der Waals surface area (Å²) < 4.78 is 10.5. The molecule has 0 unspecified atom stereocenters. The first-order valence-electron chi connectivity index (χ1n) is 5.85. The minimum absolute atomic E-state index is 0.0166. The number of hydrogen-bond acceptors (Lipinski definition) is 5. The Kier molecular flexibility index (Phi) is 4.10. The van der Waals surface area contributed by atoms with Crippen molar-refractivity contribution < 1.29 is 4.74 Å². The van der Waals surface area contributed by atoms with Crippen molar-refractivity contribution in [2.24, 2.45) is 0 Å². The van der Waals surface area contributed by atoms with E-state index in [0.717, 1.165) is 26.7 Å². The van der Waals surface area contributed by atoms with E-state index in [1.165, 1.54) is 11.5 Å². The fourth-order valence-electron chi connectivity index (χ4n) is 1.52. The van der Waals surface area contributed by atoms with Crippen molar-refractivity contribution in [2.75, 3.05) is 12.4 Å². The number of ether oxygens (including phenoxy) is 1. The molecule has 0 aliphatic heterocycles. The quantitative estimate of drug-likeness (QED) is 0.909. The number of hydrogen-bond donors (Lipinski definition) is 1. The minimum Gasteiger partial charge on any atom is -0.496 e. The molecule has 102 valence electrons. The van der Waals surface area contributed by atoms with Crippen LogP contribution in [-0.2, 0) is 0 Å². The third kappa shape index (κ3) is 3.67. The summed E-state index contributed by atoms with van der Waals surface area (Å²) in [5.41, 5.74) is 0.947. The highest BCUT2D eigenvalue weighted by atomic mass is 79.9. The monoisotopic (exact) mass is 341 g/mol. The lowest BCUT2D eigenvalue weighted by molar-refractivity contribution is 0.412. The van der Waals surface area contributed by atoms with Crippen LogP contribution < -0.4 is 10.1 Å². The molecule has 1 heterocycles. The number of aromatic nitrogens is 2. The zero-order chi connectivity index (χ0) is 14.0. The minimum atomic E-state index is -0.0166. The zero-order valence-corrected chi connectivity index (χ0v) is 13.7. The first kappa shape index (κ1) is 14.3. The van der Waals surface area contributed by atoms with Gasteiger partial charge < -0.3 is 10.1 Å². The second-order valence-corrected chi connectivity index (χ2v) is 6.75. The van der Waals surface area contributed by atoms with Gasteiger partial charge in [0.2, 0.25) is 5.13 Å². The van der Waals surface area contributed by atoms with Gasteiger partial charge in [0.15, 0.2) is 5.82 Å². The van der Waals surface area contributed by atoms with Crippen LogP contribution in [0.25, 0.3) is 11.4 Å². The summed E-state index contributed by atoms with van der Waals surface area (Å²) in [5.74, 6) is 1.52. The molecule has 0 atom stereocenters. The molecule has 0 spiro atoms. The normalized spacial score (nSPS) is 11.4. The molecular formula is C13H16BrN3OS. The molecular weight excluding hydrogens is 326 g/mol. The molecule has 1 N–H and O–H groups in total. The molecule has 0 fully saturated rings. The van der Waals surface area contributed by atoms with Crippen molar-refractivity contribution in [3.05, 3.63) is 22.7 Å². The van der Waals surface area contributed by atoms with Crippen LogP contribution >= 0.6 is 27.5 Å². The Morgan fingerprint density at radius 2 is 2.05 bits per heavy atom. The number of benzene rings is 1. The summed E-state index contributed by atoms with van der Waals surface area (Å²) in [7, 11) is 1.65. The van der Waals surface area contributed by atoms with E-state index in [1.54, 1.807) is 7.11 Å². The summed E-state index contributed by atoms with van der Waals surface area (Å²) >= 11 is 4.84. The lowest BCUT2D eigenvalue weighted by Gasteiger charge is -2.18. The van der Waals surface area contributed by atoms with Crippen LogP contribution in [-0.4, -0.2) is 22.0 Å². The fourth-order valence-corrected chi connectivity index (χ4v) is 2.86. The molecule has 4 nitrogen and oxygen atoms in total. The van der Waals surface area contributed by atoms with E-state index in [-0.39, 0.29) is 5.54 Å². The molecule has 0 amide bonds. The van der Waals surface area contributed by atoms with Crippen molar-refractivity contribution >= 4 is 32.6 Å². The average Bonchev–Trinajstić information content (AvgIpc) is 2.75. The molecule has 0 saturated carbocycles. The van der Waals surface area contributed by atoms with E-state index in [1.807, 2.05) is 18.2 Å². The third-order valence-corrected chi connectivity index (χ3v) is 3.57. The number of anilines is 1. The average molecular weight is 342 g/mol. The van der Waals surface area contributed by atoms with Crippen molar-refractivity contribution in [3.8, 4) is 17.1 Å². The van der Waals surface area contributed by atoms with Gasteiger partial charge in [-0.1, -0.05) is 0 Å². The molecule has 2 aromatic rings. The molecule has 2 rings (SSSR count). The van der Waals surface area contributed by atoms with Gasteiger partial charge in [-0.2, -0.15) is 9.36 Å². The predicted molar refractivity (Wildman–Crippen MR) is 83.0 cm³/mol. The highest BCUT2D eigenvalue weighted by Crippen LogP contribution is 2.30. The molecule has 1 aromatic carbocycles. The zero-order valence-electron chi connectivity index (χ0n) is 11.3. The Bertz CT molecular complexity index is 578. The number of methoxy groups -OCH3 is 1. The predicted octanol–water partition coefficient (Wildman–Crippen LogP) is 4.19. The van der Waals surface area contributed by atoms with Crippen molar-refractivity contribution in [2.45, 2.75) is 26.3 Å². The summed E-state index contributed by atoms with van der Waals surface area (Å²) in [6.45, 7) is 6.29. The summed E-state index contributed by atoms with van der Waals surface area (Å²) in [6.07, 6.45) is 0. The number of rotatable bonds is 3. The summed E-state index contributed by atoms with van der Waals surface area (Å²) in [6, 6.07) is 5.81. The highest BCUT2D eigenvalue weighted by molar-refractivity contribution is 9.10. The van der Waals surface area contributed by atoms with E-state index < -0.39 is 0 Å². The van der Waals surface area contributed by atoms with Crippen LogP contribution in [0.5, 0.6) is 5.75 Å². The largest absolute Gasteiger partial charge is 0.496 e. The van der Waals surface area contributed by atoms with Crippen LogP contribution in [0.15, 0.2) is 22.7 Å². The lowest BCUT2D eigenvalue weighted by atomic mass is 10.1. The van der Waals surface area contributed by atoms with Gasteiger partial charge in [-0.25, -0.2) is 0 Å².